The average Bonchev–Trinajstić information content (AvgIpc) is 2.99. The van der Waals surface area contributed by atoms with E-state index in [-0.39, 0.29) is 17.6 Å². The standard InChI is InChI=1S/C5H12N2.C3H10N2.C3H8N/c1-4(6)5(7)2-3-5;1-3(5)2-4;1-2-3-4/h4H,2-3,6-7H2,1H3;3H,2,4-5H2,1H3;2H,3-4H2,1H3. The van der Waals surface area contributed by atoms with Crippen LogP contribution >= 0.6 is 0 Å². The summed E-state index contributed by atoms with van der Waals surface area (Å²) in [4.78, 5) is 0. The first-order valence-corrected chi connectivity index (χ1v) is 5.82. The molecule has 5 nitrogen and oxygen atoms in total. The van der Waals surface area contributed by atoms with Crippen molar-refractivity contribution in [3.05, 3.63) is 6.42 Å². The first kappa shape index (κ1) is 18.2. The van der Waals surface area contributed by atoms with Crippen molar-refractivity contribution in [3.8, 4) is 0 Å². The Bertz CT molecular complexity index is 141. The second kappa shape index (κ2) is 9.99. The molecule has 0 saturated heterocycles. The normalized spacial score (nSPS) is 19.5. The number of hydrogen-bond acceptors (Lipinski definition) is 5. The quantitative estimate of drug-likeness (QED) is 0.438. The van der Waals surface area contributed by atoms with Gasteiger partial charge in [-0.2, -0.15) is 0 Å². The highest BCUT2D eigenvalue weighted by Crippen LogP contribution is 2.34. The van der Waals surface area contributed by atoms with Gasteiger partial charge in [0.15, 0.2) is 0 Å². The Balaban J connectivity index is 0. The first-order valence-electron chi connectivity index (χ1n) is 5.82. The van der Waals surface area contributed by atoms with E-state index in [1.54, 1.807) is 0 Å². The van der Waals surface area contributed by atoms with Gasteiger partial charge >= 0.3 is 0 Å². The van der Waals surface area contributed by atoms with Crippen LogP contribution in [0.2, 0.25) is 0 Å². The molecule has 2 atom stereocenters. The molecule has 1 radical (unpaired) electrons. The molecule has 10 N–H and O–H groups in total. The lowest BCUT2D eigenvalue weighted by atomic mass is 10.1. The minimum absolute atomic E-state index is 0.0278. The van der Waals surface area contributed by atoms with Gasteiger partial charge in [-0.05, 0) is 39.7 Å². The molecular formula is C11H30N5. The van der Waals surface area contributed by atoms with E-state index in [2.05, 4.69) is 0 Å². The zero-order valence-corrected chi connectivity index (χ0v) is 10.9. The smallest absolute Gasteiger partial charge is 0.0306 e. The zero-order valence-electron chi connectivity index (χ0n) is 10.9. The van der Waals surface area contributed by atoms with Crippen LogP contribution in [0.1, 0.15) is 33.6 Å². The predicted molar refractivity (Wildman–Crippen MR) is 71.5 cm³/mol. The van der Waals surface area contributed by atoms with Crippen LogP contribution in [0.15, 0.2) is 0 Å². The van der Waals surface area contributed by atoms with Gasteiger partial charge in [-0.1, -0.05) is 6.92 Å². The Morgan fingerprint density at radius 3 is 1.50 bits per heavy atom. The summed E-state index contributed by atoms with van der Waals surface area (Å²) in [5, 5.41) is 0. The lowest BCUT2D eigenvalue weighted by Crippen LogP contribution is -2.41. The molecule has 2 unspecified atom stereocenters. The topological polar surface area (TPSA) is 130 Å². The number of rotatable bonds is 3. The number of hydrogen-bond donors (Lipinski definition) is 5. The molecule has 1 fully saturated rings. The van der Waals surface area contributed by atoms with Gasteiger partial charge in [-0.3, -0.25) is 0 Å². The van der Waals surface area contributed by atoms with Crippen LogP contribution in [0.4, 0.5) is 0 Å². The molecular weight excluding hydrogens is 202 g/mol. The lowest BCUT2D eigenvalue weighted by molar-refractivity contribution is 0.550. The fourth-order valence-corrected chi connectivity index (χ4v) is 0.600. The van der Waals surface area contributed by atoms with E-state index in [1.807, 2.05) is 27.2 Å². The van der Waals surface area contributed by atoms with Crippen LogP contribution < -0.4 is 28.7 Å². The molecule has 0 aliphatic heterocycles. The SMILES string of the molecule is CC(N)C1(N)CC1.CC(N)CN.C[CH]CN. The molecule has 16 heavy (non-hydrogen) atoms. The van der Waals surface area contributed by atoms with E-state index >= 15 is 0 Å². The molecule has 0 aromatic heterocycles. The van der Waals surface area contributed by atoms with E-state index in [0.717, 1.165) is 12.8 Å². The number of nitrogens with two attached hydrogens (primary N) is 5. The molecule has 0 heterocycles. The summed E-state index contributed by atoms with van der Waals surface area (Å²) >= 11 is 0. The summed E-state index contributed by atoms with van der Waals surface area (Å²) in [7, 11) is 0. The van der Waals surface area contributed by atoms with Gasteiger partial charge in [0.2, 0.25) is 0 Å². The summed E-state index contributed by atoms with van der Waals surface area (Å²) in [6.45, 7) is 7.05. The summed E-state index contributed by atoms with van der Waals surface area (Å²) < 4.78 is 0. The van der Waals surface area contributed by atoms with Crippen LogP contribution in [0.5, 0.6) is 0 Å². The van der Waals surface area contributed by atoms with Crippen LogP contribution in [-0.2, 0) is 0 Å². The Kier molecular flexibility index (Phi) is 11.3. The summed E-state index contributed by atoms with van der Waals surface area (Å²) in [5.41, 5.74) is 26.4. The van der Waals surface area contributed by atoms with Gasteiger partial charge in [0, 0.05) is 24.2 Å². The third-order valence-corrected chi connectivity index (χ3v) is 2.34. The molecule has 1 aliphatic rings. The zero-order chi connectivity index (χ0) is 13.2. The van der Waals surface area contributed by atoms with Crippen molar-refractivity contribution < 1.29 is 0 Å². The second-order valence-electron chi connectivity index (χ2n) is 4.38. The van der Waals surface area contributed by atoms with Gasteiger partial charge < -0.3 is 28.7 Å². The average molecular weight is 232 g/mol. The van der Waals surface area contributed by atoms with Crippen LogP contribution in [0.3, 0.4) is 0 Å². The van der Waals surface area contributed by atoms with Crippen molar-refractivity contribution in [2.45, 2.75) is 51.2 Å². The van der Waals surface area contributed by atoms with Gasteiger partial charge in [-0.25, -0.2) is 0 Å². The van der Waals surface area contributed by atoms with Gasteiger partial charge in [0.1, 0.15) is 0 Å². The second-order valence-corrected chi connectivity index (χ2v) is 4.38. The first-order chi connectivity index (χ1) is 7.33. The third-order valence-electron chi connectivity index (χ3n) is 2.34. The molecule has 5 heteroatoms. The van der Waals surface area contributed by atoms with Crippen LogP contribution in [0, 0.1) is 6.42 Å². The van der Waals surface area contributed by atoms with Crippen molar-refractivity contribution in [1.29, 1.82) is 0 Å². The van der Waals surface area contributed by atoms with Crippen molar-refractivity contribution in [1.82, 2.24) is 0 Å². The largest absolute Gasteiger partial charge is 0.330 e. The lowest BCUT2D eigenvalue weighted by Gasteiger charge is -2.11. The Morgan fingerprint density at radius 2 is 1.50 bits per heavy atom. The van der Waals surface area contributed by atoms with Crippen molar-refractivity contribution >= 4 is 0 Å². The maximum absolute atomic E-state index is 5.66. The van der Waals surface area contributed by atoms with Gasteiger partial charge in [-0.15, -0.1) is 0 Å². The Hall–Kier alpha value is -0.200. The molecule has 0 amide bonds. The van der Waals surface area contributed by atoms with Crippen molar-refractivity contribution in [2.75, 3.05) is 13.1 Å². The third kappa shape index (κ3) is 11.9. The van der Waals surface area contributed by atoms with Crippen LogP contribution in [-0.4, -0.2) is 30.7 Å². The molecule has 1 rings (SSSR count). The monoisotopic (exact) mass is 232 g/mol. The molecule has 99 valence electrons. The Morgan fingerprint density at radius 1 is 1.19 bits per heavy atom. The minimum atomic E-state index is 0.0278. The molecule has 1 aliphatic carbocycles. The highest BCUT2D eigenvalue weighted by molar-refractivity contribution is 5.04. The molecule has 0 aromatic rings. The summed E-state index contributed by atoms with van der Waals surface area (Å²) in [6.07, 6.45) is 4.13. The van der Waals surface area contributed by atoms with E-state index in [0.29, 0.717) is 13.1 Å². The maximum Gasteiger partial charge on any atom is 0.0306 e. The maximum atomic E-state index is 5.66. The summed E-state index contributed by atoms with van der Waals surface area (Å²) in [5.74, 6) is 0. The van der Waals surface area contributed by atoms with E-state index in [9.17, 15) is 0 Å². The van der Waals surface area contributed by atoms with Crippen molar-refractivity contribution in [2.24, 2.45) is 28.7 Å². The van der Waals surface area contributed by atoms with Gasteiger partial charge in [0.25, 0.3) is 0 Å². The fraction of sp³-hybridized carbons (Fsp3) is 0.909. The molecule has 0 aromatic carbocycles. The fourth-order valence-electron chi connectivity index (χ4n) is 0.600. The highest BCUT2D eigenvalue weighted by atomic mass is 14.9. The predicted octanol–water partition coefficient (Wildman–Crippen LogP) is -0.714. The highest BCUT2D eigenvalue weighted by Gasteiger charge is 2.41. The Labute approximate surface area is 100 Å². The van der Waals surface area contributed by atoms with E-state index in [4.69, 9.17) is 28.7 Å². The van der Waals surface area contributed by atoms with E-state index in [1.165, 1.54) is 0 Å². The minimum Gasteiger partial charge on any atom is -0.330 e. The van der Waals surface area contributed by atoms with Gasteiger partial charge in [0.05, 0.1) is 0 Å². The van der Waals surface area contributed by atoms with Crippen molar-refractivity contribution in [3.63, 3.8) is 0 Å². The summed E-state index contributed by atoms with van der Waals surface area (Å²) in [6, 6.07) is 0.350. The molecule has 1 saturated carbocycles. The van der Waals surface area contributed by atoms with Crippen LogP contribution in [0.25, 0.3) is 0 Å². The molecule has 0 spiro atoms. The van der Waals surface area contributed by atoms with E-state index < -0.39 is 0 Å². The molecule has 0 bridgehead atoms.